The Balaban J connectivity index is 0.00000288. The van der Waals surface area contributed by atoms with Gasteiger partial charge in [0.25, 0.3) is 0 Å². The van der Waals surface area contributed by atoms with Crippen LogP contribution in [0.15, 0.2) is 18.2 Å². The minimum Gasteiger partial charge on any atom is -0.497 e. The molecule has 2 amide bonds. The van der Waals surface area contributed by atoms with Gasteiger partial charge in [-0.05, 0) is 19.3 Å². The molecule has 7 nitrogen and oxygen atoms in total. The van der Waals surface area contributed by atoms with Crippen LogP contribution in [0.3, 0.4) is 0 Å². The molecule has 0 radical (unpaired) electrons. The number of amides is 2. The van der Waals surface area contributed by atoms with Crippen molar-refractivity contribution < 1.29 is 19.1 Å². The molecule has 0 heterocycles. The summed E-state index contributed by atoms with van der Waals surface area (Å²) < 4.78 is 10.3. The highest BCUT2D eigenvalue weighted by Gasteiger charge is 2.27. The lowest BCUT2D eigenvalue weighted by Crippen LogP contribution is -2.36. The van der Waals surface area contributed by atoms with Gasteiger partial charge in [0.1, 0.15) is 11.5 Å². The molecule has 1 aromatic carbocycles. The minimum atomic E-state index is -0.309. The van der Waals surface area contributed by atoms with Crippen molar-refractivity contribution in [3.05, 3.63) is 18.2 Å². The number of methoxy groups -OCH3 is 2. The maximum Gasteiger partial charge on any atom is 0.243 e. The molecule has 4 N–H and O–H groups in total. The summed E-state index contributed by atoms with van der Waals surface area (Å²) in [6.45, 7) is -0.0793. The van der Waals surface area contributed by atoms with E-state index in [2.05, 4.69) is 10.6 Å². The highest BCUT2D eigenvalue weighted by Crippen LogP contribution is 2.26. The topological polar surface area (TPSA) is 103 Å². The highest BCUT2D eigenvalue weighted by molar-refractivity contribution is 5.95. The number of halogens is 1. The number of anilines is 1. The van der Waals surface area contributed by atoms with Gasteiger partial charge in [-0.15, -0.1) is 12.4 Å². The number of rotatable bonds is 6. The predicted molar refractivity (Wildman–Crippen MR) is 93.7 cm³/mol. The zero-order valence-corrected chi connectivity index (χ0v) is 14.7. The van der Waals surface area contributed by atoms with Crippen LogP contribution in [0.1, 0.15) is 19.3 Å². The Labute approximate surface area is 147 Å². The molecule has 1 aromatic rings. The molecule has 24 heavy (non-hydrogen) atoms. The molecule has 0 spiro atoms. The molecule has 0 bridgehead atoms. The van der Waals surface area contributed by atoms with Gasteiger partial charge in [0, 0.05) is 35.8 Å². The van der Waals surface area contributed by atoms with E-state index < -0.39 is 0 Å². The normalized spacial score (nSPS) is 19.1. The van der Waals surface area contributed by atoms with Crippen LogP contribution in [0.5, 0.6) is 11.5 Å². The van der Waals surface area contributed by atoms with Crippen LogP contribution < -0.4 is 25.8 Å². The summed E-state index contributed by atoms with van der Waals surface area (Å²) in [6, 6.07) is 5.15. The average Bonchev–Trinajstić information content (AvgIpc) is 2.98. The SMILES string of the molecule is COc1cc(NC(=O)CNC(=O)C2CCC(N)C2)cc(OC)c1.Cl. The average molecular weight is 358 g/mol. The molecular formula is C16H24ClN3O4. The number of benzene rings is 1. The van der Waals surface area contributed by atoms with E-state index in [0.29, 0.717) is 23.6 Å². The second-order valence-corrected chi connectivity index (χ2v) is 5.64. The Morgan fingerprint density at radius 3 is 2.29 bits per heavy atom. The summed E-state index contributed by atoms with van der Waals surface area (Å²) in [5.74, 6) is 0.634. The molecule has 1 aliphatic carbocycles. The molecule has 0 aromatic heterocycles. The van der Waals surface area contributed by atoms with Crippen molar-refractivity contribution >= 4 is 29.9 Å². The van der Waals surface area contributed by atoms with Gasteiger partial charge in [0.2, 0.25) is 11.8 Å². The Bertz CT molecular complexity index is 560. The van der Waals surface area contributed by atoms with E-state index in [-0.39, 0.29) is 42.7 Å². The molecule has 1 fully saturated rings. The molecule has 2 unspecified atom stereocenters. The molecule has 2 atom stereocenters. The van der Waals surface area contributed by atoms with Crippen LogP contribution in [0.25, 0.3) is 0 Å². The Kier molecular flexibility index (Phi) is 7.81. The van der Waals surface area contributed by atoms with Crippen molar-refractivity contribution in [3.63, 3.8) is 0 Å². The first-order valence-electron chi connectivity index (χ1n) is 7.58. The summed E-state index contributed by atoms with van der Waals surface area (Å²) >= 11 is 0. The molecular weight excluding hydrogens is 334 g/mol. The third-order valence-electron chi connectivity index (χ3n) is 3.90. The van der Waals surface area contributed by atoms with Crippen LogP contribution in [0.4, 0.5) is 5.69 Å². The number of hydrogen-bond acceptors (Lipinski definition) is 5. The van der Waals surface area contributed by atoms with Gasteiger partial charge in [0.15, 0.2) is 0 Å². The molecule has 2 rings (SSSR count). The van der Waals surface area contributed by atoms with Crippen LogP contribution in [0.2, 0.25) is 0 Å². The molecule has 134 valence electrons. The molecule has 1 aliphatic rings. The zero-order valence-electron chi connectivity index (χ0n) is 13.8. The van der Waals surface area contributed by atoms with Crippen molar-refractivity contribution in [3.8, 4) is 11.5 Å². The Morgan fingerprint density at radius 2 is 1.79 bits per heavy atom. The van der Waals surface area contributed by atoms with Crippen molar-refractivity contribution in [1.29, 1.82) is 0 Å². The number of carbonyl (C=O) groups is 2. The summed E-state index contributed by atoms with van der Waals surface area (Å²) in [5, 5.41) is 5.36. The lowest BCUT2D eigenvalue weighted by atomic mass is 10.1. The largest absolute Gasteiger partial charge is 0.497 e. The van der Waals surface area contributed by atoms with Crippen molar-refractivity contribution in [2.45, 2.75) is 25.3 Å². The zero-order chi connectivity index (χ0) is 16.8. The number of hydrogen-bond donors (Lipinski definition) is 3. The van der Waals surface area contributed by atoms with E-state index in [0.717, 1.165) is 12.8 Å². The van der Waals surface area contributed by atoms with Crippen molar-refractivity contribution in [2.75, 3.05) is 26.1 Å². The van der Waals surface area contributed by atoms with Crippen LogP contribution in [-0.2, 0) is 9.59 Å². The summed E-state index contributed by atoms with van der Waals surface area (Å²) in [6.07, 6.45) is 2.32. The van der Waals surface area contributed by atoms with Gasteiger partial charge in [-0.2, -0.15) is 0 Å². The lowest BCUT2D eigenvalue weighted by Gasteiger charge is -2.12. The monoisotopic (exact) mass is 357 g/mol. The predicted octanol–water partition coefficient (Wildman–Crippen LogP) is 1.31. The number of carbonyl (C=O) groups excluding carboxylic acids is 2. The number of ether oxygens (including phenoxy) is 2. The Morgan fingerprint density at radius 1 is 1.17 bits per heavy atom. The van der Waals surface area contributed by atoms with E-state index in [4.69, 9.17) is 15.2 Å². The minimum absolute atomic E-state index is 0. The van der Waals surface area contributed by atoms with Crippen LogP contribution in [-0.4, -0.2) is 38.6 Å². The van der Waals surface area contributed by atoms with E-state index in [1.165, 1.54) is 14.2 Å². The molecule has 1 saturated carbocycles. The van der Waals surface area contributed by atoms with Gasteiger partial charge in [-0.3, -0.25) is 9.59 Å². The molecule has 8 heteroatoms. The summed E-state index contributed by atoms with van der Waals surface area (Å²) in [5.41, 5.74) is 6.34. The maximum atomic E-state index is 12.0. The van der Waals surface area contributed by atoms with Gasteiger partial charge in [0.05, 0.1) is 20.8 Å². The first kappa shape index (κ1) is 20.1. The second-order valence-electron chi connectivity index (χ2n) is 5.64. The summed E-state index contributed by atoms with van der Waals surface area (Å²) in [4.78, 5) is 23.9. The fourth-order valence-corrected chi connectivity index (χ4v) is 2.65. The first-order chi connectivity index (χ1) is 11.0. The lowest BCUT2D eigenvalue weighted by molar-refractivity contribution is -0.127. The smallest absolute Gasteiger partial charge is 0.243 e. The quantitative estimate of drug-likeness (QED) is 0.712. The van der Waals surface area contributed by atoms with E-state index in [1.807, 2.05) is 0 Å². The van der Waals surface area contributed by atoms with E-state index in [1.54, 1.807) is 18.2 Å². The Hall–Kier alpha value is -1.99. The third kappa shape index (κ3) is 5.58. The second kappa shape index (κ2) is 9.34. The van der Waals surface area contributed by atoms with Gasteiger partial charge < -0.3 is 25.8 Å². The van der Waals surface area contributed by atoms with Crippen LogP contribution in [0, 0.1) is 5.92 Å². The first-order valence-corrected chi connectivity index (χ1v) is 7.58. The fraction of sp³-hybridized carbons (Fsp3) is 0.500. The standard InChI is InChI=1S/C16H23N3O4.ClH/c1-22-13-6-12(7-14(8-13)23-2)19-15(20)9-18-16(21)10-3-4-11(17)5-10;/h6-8,10-11H,3-5,9,17H2,1-2H3,(H,18,21)(H,19,20);1H. The summed E-state index contributed by atoms with van der Waals surface area (Å²) in [7, 11) is 3.07. The van der Waals surface area contributed by atoms with Crippen molar-refractivity contribution in [1.82, 2.24) is 5.32 Å². The van der Waals surface area contributed by atoms with Crippen LogP contribution >= 0.6 is 12.4 Å². The highest BCUT2D eigenvalue weighted by atomic mass is 35.5. The number of nitrogens with one attached hydrogen (secondary N) is 2. The van der Waals surface area contributed by atoms with Gasteiger partial charge >= 0.3 is 0 Å². The van der Waals surface area contributed by atoms with Gasteiger partial charge in [-0.25, -0.2) is 0 Å². The maximum absolute atomic E-state index is 12.0. The fourth-order valence-electron chi connectivity index (χ4n) is 2.65. The third-order valence-corrected chi connectivity index (χ3v) is 3.90. The van der Waals surface area contributed by atoms with Crippen molar-refractivity contribution in [2.24, 2.45) is 11.7 Å². The molecule has 0 saturated heterocycles. The number of nitrogens with two attached hydrogens (primary N) is 1. The van der Waals surface area contributed by atoms with Gasteiger partial charge in [-0.1, -0.05) is 0 Å². The molecule has 0 aliphatic heterocycles. The van der Waals surface area contributed by atoms with E-state index >= 15 is 0 Å². The van der Waals surface area contributed by atoms with E-state index in [9.17, 15) is 9.59 Å².